The van der Waals surface area contributed by atoms with Gasteiger partial charge in [0.2, 0.25) is 11.8 Å². The average Bonchev–Trinajstić information content (AvgIpc) is 3.55. The molecule has 1 N–H and O–H groups in total. The van der Waals surface area contributed by atoms with Crippen LogP contribution >= 0.6 is 0 Å². The van der Waals surface area contributed by atoms with Crippen LogP contribution in [-0.4, -0.2) is 35.9 Å². The van der Waals surface area contributed by atoms with Crippen LogP contribution in [0.15, 0.2) is 58.1 Å². The monoisotopic (exact) mass is 496 g/mol. The first-order chi connectivity index (χ1) is 17.9. The summed E-state index contributed by atoms with van der Waals surface area (Å²) in [6.45, 7) is 3.46. The first kappa shape index (κ1) is 22.8. The second-order valence-corrected chi connectivity index (χ2v) is 9.48. The zero-order chi connectivity index (χ0) is 25.7. The highest BCUT2D eigenvalue weighted by atomic mass is 16.5. The van der Waals surface area contributed by atoms with E-state index in [1.54, 1.807) is 28.8 Å². The number of amides is 1. The number of aromatic nitrogens is 5. The van der Waals surface area contributed by atoms with Gasteiger partial charge in [-0.1, -0.05) is 16.8 Å². The van der Waals surface area contributed by atoms with Gasteiger partial charge >= 0.3 is 0 Å². The number of hydrogen-bond acceptors (Lipinski definition) is 7. The van der Waals surface area contributed by atoms with Crippen LogP contribution in [0.5, 0.6) is 0 Å². The van der Waals surface area contributed by atoms with Gasteiger partial charge in [0.15, 0.2) is 11.6 Å². The van der Waals surface area contributed by atoms with E-state index in [1.807, 2.05) is 25.1 Å². The minimum absolute atomic E-state index is 0.0495. The number of carbonyl (C=O) groups is 2. The lowest BCUT2D eigenvalue weighted by molar-refractivity contribution is -0.116. The molecule has 6 rings (SSSR count). The number of hydrogen-bond donors (Lipinski definition) is 1. The molecule has 5 aromatic rings. The van der Waals surface area contributed by atoms with Crippen molar-refractivity contribution >= 4 is 39.3 Å². The molecule has 2 aromatic carbocycles. The fourth-order valence-corrected chi connectivity index (χ4v) is 4.51. The summed E-state index contributed by atoms with van der Waals surface area (Å²) in [4.78, 5) is 47.2. The molecular weight excluding hydrogens is 472 g/mol. The Labute approximate surface area is 210 Å². The van der Waals surface area contributed by atoms with Crippen molar-refractivity contribution in [1.82, 2.24) is 24.3 Å². The third kappa shape index (κ3) is 4.31. The van der Waals surface area contributed by atoms with Crippen LogP contribution in [0, 0.1) is 6.92 Å². The molecule has 10 nitrogen and oxygen atoms in total. The maximum Gasteiger partial charge on any atom is 0.278 e. The molecule has 0 radical (unpaired) electrons. The van der Waals surface area contributed by atoms with Crippen molar-refractivity contribution in [1.29, 1.82) is 0 Å². The van der Waals surface area contributed by atoms with Crippen LogP contribution in [0.4, 0.5) is 5.69 Å². The molecule has 0 spiro atoms. The number of anilines is 1. The molecule has 10 heteroatoms. The number of ketones is 1. The highest BCUT2D eigenvalue weighted by Crippen LogP contribution is 2.38. The molecule has 0 unspecified atom stereocenters. The molecular formula is C27H24N6O4. The van der Waals surface area contributed by atoms with Gasteiger partial charge in [-0.3, -0.25) is 19.0 Å². The van der Waals surface area contributed by atoms with E-state index in [-0.39, 0.29) is 30.3 Å². The molecule has 3 aromatic heterocycles. The molecule has 186 valence electrons. The van der Waals surface area contributed by atoms with E-state index < -0.39 is 0 Å². The second kappa shape index (κ2) is 8.81. The van der Waals surface area contributed by atoms with Crippen molar-refractivity contribution in [3.8, 4) is 0 Å². The highest BCUT2D eigenvalue weighted by Gasteiger charge is 2.29. The van der Waals surface area contributed by atoms with Crippen molar-refractivity contribution < 1.29 is 14.1 Å². The van der Waals surface area contributed by atoms with E-state index in [9.17, 15) is 14.4 Å². The summed E-state index contributed by atoms with van der Waals surface area (Å²) >= 11 is 0. The number of carbonyl (C=O) groups excluding carboxylic acids is 2. The molecule has 1 fully saturated rings. The van der Waals surface area contributed by atoms with Crippen LogP contribution in [0.25, 0.3) is 21.9 Å². The summed E-state index contributed by atoms with van der Waals surface area (Å²) in [7, 11) is 0. The van der Waals surface area contributed by atoms with Gasteiger partial charge in [-0.05, 0) is 63.1 Å². The van der Waals surface area contributed by atoms with Gasteiger partial charge in [0, 0.05) is 22.6 Å². The van der Waals surface area contributed by atoms with Crippen LogP contribution in [0.3, 0.4) is 0 Å². The summed E-state index contributed by atoms with van der Waals surface area (Å²) in [5.74, 6) is 1.00. The predicted molar refractivity (Wildman–Crippen MR) is 137 cm³/mol. The van der Waals surface area contributed by atoms with E-state index in [2.05, 4.69) is 20.4 Å². The van der Waals surface area contributed by atoms with Gasteiger partial charge in [-0.15, -0.1) is 0 Å². The quantitative estimate of drug-likeness (QED) is 0.340. The minimum atomic E-state index is -0.310. The van der Waals surface area contributed by atoms with Crippen molar-refractivity contribution in [2.45, 2.75) is 45.7 Å². The van der Waals surface area contributed by atoms with E-state index >= 15 is 0 Å². The first-order valence-corrected chi connectivity index (χ1v) is 12.1. The van der Waals surface area contributed by atoms with Crippen LogP contribution in [0.1, 0.15) is 53.3 Å². The number of fused-ring (bicyclic) bond motifs is 3. The van der Waals surface area contributed by atoms with Gasteiger partial charge in [-0.25, -0.2) is 4.98 Å². The molecule has 0 aliphatic heterocycles. The highest BCUT2D eigenvalue weighted by molar-refractivity contribution is 6.07. The Hall–Kier alpha value is -4.60. The van der Waals surface area contributed by atoms with E-state index in [4.69, 9.17) is 4.52 Å². The SMILES string of the molecule is CC(=O)c1ccc(NC(=O)Cn2c3ccc(C)cc3c3ncn(Cc4nc(C5CC5)no4)c(=O)c32)cc1. The van der Waals surface area contributed by atoms with Crippen molar-refractivity contribution in [2.75, 3.05) is 5.32 Å². The number of nitrogens with zero attached hydrogens (tertiary/aromatic N) is 5. The van der Waals surface area contributed by atoms with E-state index in [0.717, 1.165) is 29.3 Å². The van der Waals surface area contributed by atoms with Crippen molar-refractivity contribution in [3.63, 3.8) is 0 Å². The number of rotatable bonds is 7. The third-order valence-corrected chi connectivity index (χ3v) is 6.59. The summed E-state index contributed by atoms with van der Waals surface area (Å²) in [6.07, 6.45) is 3.58. The predicted octanol–water partition coefficient (Wildman–Crippen LogP) is 3.81. The maximum atomic E-state index is 13.7. The first-order valence-electron chi connectivity index (χ1n) is 12.1. The van der Waals surface area contributed by atoms with Gasteiger partial charge in [0.05, 0.1) is 11.8 Å². The Morgan fingerprint density at radius 3 is 2.65 bits per heavy atom. The van der Waals surface area contributed by atoms with Crippen LogP contribution in [-0.2, 0) is 17.9 Å². The molecule has 3 heterocycles. The van der Waals surface area contributed by atoms with Gasteiger partial charge in [-0.2, -0.15) is 4.98 Å². The largest absolute Gasteiger partial charge is 0.337 e. The molecule has 0 saturated heterocycles. The van der Waals surface area contributed by atoms with Gasteiger partial charge < -0.3 is 14.4 Å². The number of nitrogens with one attached hydrogen (secondary N) is 1. The number of benzene rings is 2. The lowest BCUT2D eigenvalue weighted by atomic mass is 10.1. The zero-order valence-corrected chi connectivity index (χ0v) is 20.4. The van der Waals surface area contributed by atoms with Gasteiger partial charge in [0.1, 0.15) is 24.1 Å². The lowest BCUT2D eigenvalue weighted by Crippen LogP contribution is -2.25. The van der Waals surface area contributed by atoms with Crippen LogP contribution in [0.2, 0.25) is 0 Å². The molecule has 37 heavy (non-hydrogen) atoms. The fourth-order valence-electron chi connectivity index (χ4n) is 4.51. The smallest absolute Gasteiger partial charge is 0.278 e. The Bertz CT molecular complexity index is 1740. The van der Waals surface area contributed by atoms with Crippen LogP contribution < -0.4 is 10.9 Å². The fraction of sp³-hybridized carbons (Fsp3) is 0.259. The molecule has 0 bridgehead atoms. The second-order valence-electron chi connectivity index (χ2n) is 9.48. The standard InChI is InChI=1S/C27H24N6O4/c1-15-3-10-21-20(11-15)24-25(33(21)12-22(35)29-19-8-6-17(7-9-19)16(2)34)27(36)32(14-28-24)13-23-30-26(31-37-23)18-4-5-18/h3,6-11,14,18H,4-5,12-13H2,1-2H3,(H,29,35). The molecule has 1 aliphatic rings. The maximum absolute atomic E-state index is 13.7. The Kier molecular flexibility index (Phi) is 5.44. The van der Waals surface area contributed by atoms with E-state index in [0.29, 0.717) is 39.9 Å². The molecule has 1 saturated carbocycles. The third-order valence-electron chi connectivity index (χ3n) is 6.59. The van der Waals surface area contributed by atoms with Crippen molar-refractivity contribution in [3.05, 3.63) is 82.0 Å². The summed E-state index contributed by atoms with van der Waals surface area (Å²) < 4.78 is 8.47. The summed E-state index contributed by atoms with van der Waals surface area (Å²) in [5, 5.41) is 7.67. The summed E-state index contributed by atoms with van der Waals surface area (Å²) in [5.41, 5.74) is 3.43. The number of Topliss-reactive ketones (excluding diaryl/α,β-unsaturated/α-hetero) is 1. The molecule has 1 aliphatic carbocycles. The zero-order valence-electron chi connectivity index (χ0n) is 20.4. The Balaban J connectivity index is 1.37. The Morgan fingerprint density at radius 2 is 1.92 bits per heavy atom. The van der Waals surface area contributed by atoms with E-state index in [1.165, 1.54) is 17.8 Å². The molecule has 0 atom stereocenters. The number of aryl methyl sites for hydroxylation is 1. The average molecular weight is 497 g/mol. The van der Waals surface area contributed by atoms with Gasteiger partial charge in [0.25, 0.3) is 5.56 Å². The normalized spacial score (nSPS) is 13.4. The summed E-state index contributed by atoms with van der Waals surface area (Å²) in [6, 6.07) is 12.5. The molecule has 1 amide bonds. The minimum Gasteiger partial charge on any atom is -0.337 e. The Morgan fingerprint density at radius 1 is 1.14 bits per heavy atom. The lowest BCUT2D eigenvalue weighted by Gasteiger charge is -2.10. The van der Waals surface area contributed by atoms with Crippen molar-refractivity contribution in [2.24, 2.45) is 0 Å². The topological polar surface area (TPSA) is 125 Å².